The molecule has 1 unspecified atom stereocenters. The number of nitrogens with one attached hydrogen (secondary N) is 1. The van der Waals surface area contributed by atoms with Crippen LogP contribution in [0.4, 0.5) is 0 Å². The van der Waals surface area contributed by atoms with Crippen LogP contribution in [0.5, 0.6) is 0 Å². The Labute approximate surface area is 113 Å². The van der Waals surface area contributed by atoms with Crippen LogP contribution in [-0.2, 0) is 19.4 Å². The van der Waals surface area contributed by atoms with E-state index in [1.165, 1.54) is 6.92 Å². The van der Waals surface area contributed by atoms with E-state index >= 15 is 0 Å². The number of amides is 1. The average Bonchev–Trinajstić information content (AvgIpc) is 2.34. The summed E-state index contributed by atoms with van der Waals surface area (Å²) in [5, 5.41) is 10.7. The molecule has 0 heterocycles. The number of carboxylic acid groups (broad SMARTS) is 1. The largest absolute Gasteiger partial charge is 0.481 e. The summed E-state index contributed by atoms with van der Waals surface area (Å²) in [5.74, 6) is -1.55. The van der Waals surface area contributed by atoms with Crippen molar-refractivity contribution in [1.82, 2.24) is 5.32 Å². The minimum Gasteiger partial charge on any atom is -0.481 e. The molecule has 6 nitrogen and oxygen atoms in total. The summed E-state index contributed by atoms with van der Waals surface area (Å²) in [7, 11) is -3.45. The lowest BCUT2D eigenvalue weighted by Crippen LogP contribution is -2.47. The molecular weight excluding hydrogens is 270 g/mol. The van der Waals surface area contributed by atoms with E-state index in [0.29, 0.717) is 12.8 Å². The standard InChI is InChI=1S/C12H21NO5S/c1-9(19(2,17)18)10(14)13-8-12(11(15)16)6-4-3-5-7-12/h9H,3-8H2,1-2H3,(H,13,14)(H,15,16). The normalized spacial score (nSPS) is 20.5. The van der Waals surface area contributed by atoms with E-state index in [1.807, 2.05) is 0 Å². The van der Waals surface area contributed by atoms with Crippen molar-refractivity contribution in [2.24, 2.45) is 5.41 Å². The third-order valence-electron chi connectivity index (χ3n) is 3.88. The van der Waals surface area contributed by atoms with Gasteiger partial charge in [0.15, 0.2) is 9.84 Å². The van der Waals surface area contributed by atoms with E-state index in [1.54, 1.807) is 0 Å². The molecule has 1 atom stereocenters. The minimum absolute atomic E-state index is 0.00102. The molecule has 1 aliphatic carbocycles. The fourth-order valence-electron chi connectivity index (χ4n) is 2.29. The van der Waals surface area contributed by atoms with Crippen LogP contribution >= 0.6 is 0 Å². The molecule has 0 spiro atoms. The van der Waals surface area contributed by atoms with Gasteiger partial charge in [-0.2, -0.15) is 0 Å². The highest BCUT2D eigenvalue weighted by Gasteiger charge is 2.40. The lowest BCUT2D eigenvalue weighted by atomic mass is 9.74. The molecule has 2 N–H and O–H groups in total. The monoisotopic (exact) mass is 291 g/mol. The van der Waals surface area contributed by atoms with Gasteiger partial charge in [-0.1, -0.05) is 19.3 Å². The maximum absolute atomic E-state index is 11.7. The van der Waals surface area contributed by atoms with Crippen molar-refractivity contribution >= 4 is 21.7 Å². The summed E-state index contributed by atoms with van der Waals surface area (Å²) in [6.07, 6.45) is 4.69. The van der Waals surface area contributed by atoms with Crippen LogP contribution < -0.4 is 5.32 Å². The molecule has 110 valence electrons. The van der Waals surface area contributed by atoms with Crippen molar-refractivity contribution < 1.29 is 23.1 Å². The van der Waals surface area contributed by atoms with Crippen molar-refractivity contribution in [3.63, 3.8) is 0 Å². The molecule has 0 aliphatic heterocycles. The van der Waals surface area contributed by atoms with Crippen LogP contribution in [-0.4, -0.2) is 43.5 Å². The van der Waals surface area contributed by atoms with Crippen LogP contribution in [0, 0.1) is 5.41 Å². The van der Waals surface area contributed by atoms with Crippen molar-refractivity contribution in [3.05, 3.63) is 0 Å². The highest BCUT2D eigenvalue weighted by Crippen LogP contribution is 2.36. The van der Waals surface area contributed by atoms with Gasteiger partial charge in [0.2, 0.25) is 5.91 Å². The molecule has 1 fully saturated rings. The van der Waals surface area contributed by atoms with Gasteiger partial charge in [0.1, 0.15) is 5.25 Å². The zero-order valence-electron chi connectivity index (χ0n) is 11.3. The number of carbonyl (C=O) groups is 2. The van der Waals surface area contributed by atoms with Crippen LogP contribution in [0.1, 0.15) is 39.0 Å². The first-order valence-electron chi connectivity index (χ1n) is 6.39. The van der Waals surface area contributed by atoms with Crippen LogP contribution in [0.3, 0.4) is 0 Å². The SMILES string of the molecule is CC(C(=O)NCC1(C(=O)O)CCCCC1)S(C)(=O)=O. The molecule has 0 saturated heterocycles. The fraction of sp³-hybridized carbons (Fsp3) is 0.833. The van der Waals surface area contributed by atoms with E-state index in [9.17, 15) is 23.1 Å². The van der Waals surface area contributed by atoms with Gasteiger partial charge in [-0.3, -0.25) is 9.59 Å². The van der Waals surface area contributed by atoms with Gasteiger partial charge >= 0.3 is 5.97 Å². The Morgan fingerprint density at radius 1 is 1.26 bits per heavy atom. The third-order valence-corrected chi connectivity index (χ3v) is 5.38. The van der Waals surface area contributed by atoms with Crippen molar-refractivity contribution in [3.8, 4) is 0 Å². The molecule has 1 aliphatic rings. The van der Waals surface area contributed by atoms with Gasteiger partial charge < -0.3 is 10.4 Å². The van der Waals surface area contributed by atoms with E-state index < -0.39 is 32.4 Å². The number of aliphatic carboxylic acids is 1. The second kappa shape index (κ2) is 5.90. The summed E-state index contributed by atoms with van der Waals surface area (Å²) >= 11 is 0. The van der Waals surface area contributed by atoms with E-state index in [2.05, 4.69) is 5.32 Å². The van der Waals surface area contributed by atoms with Crippen molar-refractivity contribution in [2.75, 3.05) is 12.8 Å². The summed E-state index contributed by atoms with van der Waals surface area (Å²) in [4.78, 5) is 23.1. The van der Waals surface area contributed by atoms with Gasteiger partial charge in [0, 0.05) is 12.8 Å². The average molecular weight is 291 g/mol. The predicted molar refractivity (Wildman–Crippen MR) is 70.5 cm³/mol. The number of carboxylic acids is 1. The number of hydrogen-bond donors (Lipinski definition) is 2. The molecule has 1 rings (SSSR count). The predicted octanol–water partition coefficient (Wildman–Crippen LogP) is 0.571. The summed E-state index contributed by atoms with van der Waals surface area (Å²) in [6.45, 7) is 1.31. The molecule has 0 aromatic heterocycles. The zero-order chi connectivity index (χ0) is 14.7. The first kappa shape index (κ1) is 15.9. The second-order valence-electron chi connectivity index (χ2n) is 5.34. The Hall–Kier alpha value is -1.11. The lowest BCUT2D eigenvalue weighted by Gasteiger charge is -2.33. The second-order valence-corrected chi connectivity index (χ2v) is 7.70. The molecule has 0 aromatic rings. The zero-order valence-corrected chi connectivity index (χ0v) is 12.1. The smallest absolute Gasteiger partial charge is 0.311 e. The van der Waals surface area contributed by atoms with Gasteiger partial charge in [0.25, 0.3) is 0 Å². The summed E-state index contributed by atoms with van der Waals surface area (Å²) in [6, 6.07) is 0. The number of sulfone groups is 1. The minimum atomic E-state index is -3.45. The quantitative estimate of drug-likeness (QED) is 0.771. The molecular formula is C12H21NO5S. The Morgan fingerprint density at radius 3 is 2.21 bits per heavy atom. The Balaban J connectivity index is 2.68. The number of carbonyl (C=O) groups excluding carboxylic acids is 1. The van der Waals surface area contributed by atoms with Crippen LogP contribution in [0.25, 0.3) is 0 Å². The third kappa shape index (κ3) is 3.92. The number of hydrogen-bond acceptors (Lipinski definition) is 4. The lowest BCUT2D eigenvalue weighted by molar-refractivity contribution is -0.151. The van der Waals surface area contributed by atoms with E-state index in [-0.39, 0.29) is 6.54 Å². The molecule has 0 bridgehead atoms. The maximum Gasteiger partial charge on any atom is 0.311 e. The van der Waals surface area contributed by atoms with Crippen LogP contribution in [0.15, 0.2) is 0 Å². The van der Waals surface area contributed by atoms with Gasteiger partial charge in [0.05, 0.1) is 5.41 Å². The first-order valence-corrected chi connectivity index (χ1v) is 8.34. The highest BCUT2D eigenvalue weighted by molar-refractivity contribution is 7.92. The van der Waals surface area contributed by atoms with Gasteiger partial charge in [-0.05, 0) is 19.8 Å². The fourth-order valence-corrected chi connectivity index (χ4v) is 2.76. The van der Waals surface area contributed by atoms with Crippen molar-refractivity contribution in [2.45, 2.75) is 44.3 Å². The Kier molecular flexibility index (Phi) is 4.95. The summed E-state index contributed by atoms with van der Waals surface area (Å²) < 4.78 is 22.5. The van der Waals surface area contributed by atoms with Gasteiger partial charge in [-0.15, -0.1) is 0 Å². The topological polar surface area (TPSA) is 101 Å². The van der Waals surface area contributed by atoms with E-state index in [0.717, 1.165) is 25.5 Å². The molecule has 1 amide bonds. The van der Waals surface area contributed by atoms with E-state index in [4.69, 9.17) is 0 Å². The summed E-state index contributed by atoms with van der Waals surface area (Å²) in [5.41, 5.74) is -0.939. The molecule has 19 heavy (non-hydrogen) atoms. The number of rotatable bonds is 5. The first-order chi connectivity index (χ1) is 8.69. The van der Waals surface area contributed by atoms with Crippen LogP contribution in [0.2, 0.25) is 0 Å². The van der Waals surface area contributed by atoms with Crippen molar-refractivity contribution in [1.29, 1.82) is 0 Å². The molecule has 1 saturated carbocycles. The highest BCUT2D eigenvalue weighted by atomic mass is 32.2. The Bertz CT molecular complexity index is 451. The maximum atomic E-state index is 11.7. The molecule has 0 radical (unpaired) electrons. The molecule has 0 aromatic carbocycles. The van der Waals surface area contributed by atoms with Gasteiger partial charge in [-0.25, -0.2) is 8.42 Å². The molecule has 7 heteroatoms. The Morgan fingerprint density at radius 2 is 1.79 bits per heavy atom.